The van der Waals surface area contributed by atoms with E-state index in [1.54, 1.807) is 0 Å². The number of oxazole rings is 1. The van der Waals surface area contributed by atoms with Crippen LogP contribution in [0.5, 0.6) is 5.75 Å². The van der Waals surface area contributed by atoms with Crippen LogP contribution in [0.4, 0.5) is 0 Å². The number of pyridine rings is 1. The van der Waals surface area contributed by atoms with Gasteiger partial charge in [0.05, 0.1) is 6.61 Å². The van der Waals surface area contributed by atoms with Crippen molar-refractivity contribution >= 4 is 17.0 Å². The van der Waals surface area contributed by atoms with Crippen LogP contribution >= 0.6 is 0 Å². The average molecular weight is 379 g/mol. The lowest BCUT2D eigenvalue weighted by Crippen LogP contribution is -2.30. The Morgan fingerprint density at radius 1 is 1.32 bits per heavy atom. The van der Waals surface area contributed by atoms with E-state index >= 15 is 0 Å². The van der Waals surface area contributed by atoms with Gasteiger partial charge in [0.25, 0.3) is 0 Å². The van der Waals surface area contributed by atoms with Crippen LogP contribution in [0.25, 0.3) is 22.7 Å². The van der Waals surface area contributed by atoms with E-state index in [1.165, 1.54) is 19.8 Å². The number of benzene rings is 1. The Kier molecular flexibility index (Phi) is 5.28. The first-order chi connectivity index (χ1) is 13.6. The number of ether oxygens (including phenoxy) is 1. The van der Waals surface area contributed by atoms with Crippen LogP contribution in [0.3, 0.4) is 0 Å². The highest BCUT2D eigenvalue weighted by atomic mass is 16.5. The normalized spacial score (nSPS) is 14.8. The molecule has 2 heterocycles. The van der Waals surface area contributed by atoms with Crippen molar-refractivity contribution in [1.29, 1.82) is 0 Å². The van der Waals surface area contributed by atoms with Crippen LogP contribution in [0.15, 0.2) is 40.9 Å². The fourth-order valence-electron chi connectivity index (χ4n) is 3.10. The molecule has 0 saturated heterocycles. The lowest BCUT2D eigenvalue weighted by Gasteiger charge is -2.11. The number of aromatic nitrogens is 2. The molecule has 1 aliphatic carbocycles. The molecule has 4 rings (SSSR count). The Balaban J connectivity index is 1.41. The first-order valence-corrected chi connectivity index (χ1v) is 9.82. The molecule has 6 heteroatoms. The molecule has 1 N–H and O–H groups in total. The lowest BCUT2D eigenvalue weighted by atomic mass is 10.1. The van der Waals surface area contributed by atoms with Crippen molar-refractivity contribution in [2.45, 2.75) is 45.6 Å². The van der Waals surface area contributed by atoms with Gasteiger partial charge < -0.3 is 14.5 Å². The minimum absolute atomic E-state index is 0.00182. The van der Waals surface area contributed by atoms with Crippen LogP contribution in [0.1, 0.15) is 38.7 Å². The predicted octanol–water partition coefficient (Wildman–Crippen LogP) is 4.14. The summed E-state index contributed by atoms with van der Waals surface area (Å²) in [5, 5.41) is 2.89. The molecule has 1 amide bonds. The summed E-state index contributed by atoms with van der Waals surface area (Å²) in [5.74, 6) is 2.04. The smallest absolute Gasteiger partial charge is 0.246 e. The number of rotatable bonds is 8. The quantitative estimate of drug-likeness (QED) is 0.637. The molecule has 1 atom stereocenters. The molecule has 1 aliphatic rings. The van der Waals surface area contributed by atoms with Crippen LogP contribution in [-0.4, -0.2) is 28.5 Å². The number of hydrogen-bond donors (Lipinski definition) is 1. The second kappa shape index (κ2) is 8.00. The maximum atomic E-state index is 11.1. The van der Waals surface area contributed by atoms with E-state index in [1.807, 2.05) is 43.5 Å². The van der Waals surface area contributed by atoms with Crippen molar-refractivity contribution in [3.05, 3.63) is 42.1 Å². The molecule has 6 nitrogen and oxygen atoms in total. The number of nitrogens with one attached hydrogen (secondary N) is 1. The van der Waals surface area contributed by atoms with Crippen LogP contribution in [-0.2, 0) is 11.2 Å². The van der Waals surface area contributed by atoms with E-state index in [4.69, 9.17) is 9.15 Å². The lowest BCUT2D eigenvalue weighted by molar-refractivity contribution is -0.119. The Morgan fingerprint density at radius 3 is 2.89 bits per heavy atom. The zero-order valence-electron chi connectivity index (χ0n) is 16.3. The van der Waals surface area contributed by atoms with Gasteiger partial charge in [-0.05, 0) is 62.3 Å². The summed E-state index contributed by atoms with van der Waals surface area (Å²) in [4.78, 5) is 20.1. The third-order valence-corrected chi connectivity index (χ3v) is 4.90. The molecule has 1 aromatic carbocycles. The van der Waals surface area contributed by atoms with E-state index < -0.39 is 0 Å². The first kappa shape index (κ1) is 18.5. The summed E-state index contributed by atoms with van der Waals surface area (Å²) in [6.07, 6.45) is 6.09. The molecule has 1 saturated carbocycles. The highest BCUT2D eigenvalue weighted by Crippen LogP contribution is 2.31. The SMILES string of the molecule is CC(=O)N[C@@H](C)CCc1ccc(-c2nc3ccc(OCC4CC4)cc3o2)nc1. The summed E-state index contributed by atoms with van der Waals surface area (Å²) in [6.45, 7) is 4.32. The van der Waals surface area contributed by atoms with E-state index in [0.717, 1.165) is 36.3 Å². The minimum atomic E-state index is -0.00182. The largest absolute Gasteiger partial charge is 0.493 e. The molecular formula is C22H25N3O3. The number of amides is 1. The molecule has 2 aromatic heterocycles. The van der Waals surface area contributed by atoms with Crippen molar-refractivity contribution in [2.75, 3.05) is 6.61 Å². The molecule has 0 spiro atoms. The fraction of sp³-hybridized carbons (Fsp3) is 0.409. The monoisotopic (exact) mass is 379 g/mol. The van der Waals surface area contributed by atoms with Gasteiger partial charge in [0.2, 0.25) is 11.8 Å². The number of nitrogens with zero attached hydrogens (tertiary/aromatic N) is 2. The highest BCUT2D eigenvalue weighted by Gasteiger charge is 2.22. The molecule has 1 fully saturated rings. The molecule has 0 unspecified atom stereocenters. The number of carbonyl (C=O) groups excluding carboxylic acids is 1. The fourth-order valence-corrected chi connectivity index (χ4v) is 3.10. The number of hydrogen-bond acceptors (Lipinski definition) is 5. The molecule has 0 radical (unpaired) electrons. The number of carbonyl (C=O) groups is 1. The van der Waals surface area contributed by atoms with Gasteiger partial charge in [-0.15, -0.1) is 0 Å². The third-order valence-electron chi connectivity index (χ3n) is 4.90. The van der Waals surface area contributed by atoms with E-state index in [9.17, 15) is 4.79 Å². The van der Waals surface area contributed by atoms with Crippen molar-refractivity contribution in [3.8, 4) is 17.3 Å². The maximum absolute atomic E-state index is 11.1. The van der Waals surface area contributed by atoms with E-state index in [0.29, 0.717) is 23.1 Å². The van der Waals surface area contributed by atoms with Gasteiger partial charge in [0.15, 0.2) is 5.58 Å². The Morgan fingerprint density at radius 2 is 2.18 bits per heavy atom. The zero-order chi connectivity index (χ0) is 19.5. The van der Waals surface area contributed by atoms with Gasteiger partial charge >= 0.3 is 0 Å². The summed E-state index contributed by atoms with van der Waals surface area (Å²) in [7, 11) is 0. The van der Waals surface area contributed by atoms with Gasteiger partial charge in [-0.1, -0.05) is 6.07 Å². The average Bonchev–Trinajstić information content (AvgIpc) is 3.41. The van der Waals surface area contributed by atoms with Crippen LogP contribution < -0.4 is 10.1 Å². The second-order valence-electron chi connectivity index (χ2n) is 7.59. The Labute approximate surface area is 164 Å². The van der Waals surface area contributed by atoms with Gasteiger partial charge in [-0.3, -0.25) is 9.78 Å². The van der Waals surface area contributed by atoms with Crippen molar-refractivity contribution in [1.82, 2.24) is 15.3 Å². The number of fused-ring (bicyclic) bond motifs is 1. The summed E-state index contributed by atoms with van der Waals surface area (Å²) >= 11 is 0. The van der Waals surface area contributed by atoms with E-state index in [-0.39, 0.29) is 11.9 Å². The van der Waals surface area contributed by atoms with Gasteiger partial charge in [0.1, 0.15) is 17.0 Å². The molecule has 3 aromatic rings. The van der Waals surface area contributed by atoms with Crippen LogP contribution in [0.2, 0.25) is 0 Å². The van der Waals surface area contributed by atoms with Crippen molar-refractivity contribution < 1.29 is 13.9 Å². The predicted molar refractivity (Wildman–Crippen MR) is 107 cm³/mol. The summed E-state index contributed by atoms with van der Waals surface area (Å²) in [5.41, 5.74) is 3.32. The summed E-state index contributed by atoms with van der Waals surface area (Å²) < 4.78 is 11.7. The summed E-state index contributed by atoms with van der Waals surface area (Å²) in [6, 6.07) is 9.85. The van der Waals surface area contributed by atoms with Crippen molar-refractivity contribution in [3.63, 3.8) is 0 Å². The Bertz CT molecular complexity index is 961. The van der Waals surface area contributed by atoms with E-state index in [2.05, 4.69) is 15.3 Å². The maximum Gasteiger partial charge on any atom is 0.246 e. The molecular weight excluding hydrogens is 354 g/mol. The topological polar surface area (TPSA) is 77.2 Å². The van der Waals surface area contributed by atoms with Gasteiger partial charge in [-0.2, -0.15) is 0 Å². The standard InChI is InChI=1S/C22H25N3O3/c1-14(24-15(2)26)3-4-16-7-9-20(23-12-16)22-25-19-10-8-18(11-21(19)28-22)27-13-17-5-6-17/h7-12,14,17H,3-6,13H2,1-2H3,(H,24,26)/t14-/m0/s1. The number of aryl methyl sites for hydroxylation is 1. The molecule has 0 aliphatic heterocycles. The van der Waals surface area contributed by atoms with Crippen molar-refractivity contribution in [2.24, 2.45) is 5.92 Å². The van der Waals surface area contributed by atoms with Gasteiger partial charge in [0, 0.05) is 25.2 Å². The Hall–Kier alpha value is -2.89. The minimum Gasteiger partial charge on any atom is -0.493 e. The molecule has 0 bridgehead atoms. The zero-order valence-corrected chi connectivity index (χ0v) is 16.3. The third kappa shape index (κ3) is 4.68. The second-order valence-corrected chi connectivity index (χ2v) is 7.59. The van der Waals surface area contributed by atoms with Gasteiger partial charge in [-0.25, -0.2) is 4.98 Å². The highest BCUT2D eigenvalue weighted by molar-refractivity contribution is 5.77. The van der Waals surface area contributed by atoms with Crippen LogP contribution in [0, 0.1) is 5.92 Å². The molecule has 28 heavy (non-hydrogen) atoms. The molecule has 146 valence electrons. The first-order valence-electron chi connectivity index (χ1n) is 9.82.